The maximum atomic E-state index is 6.09. The molecule has 116 valence electrons. The molecule has 0 aliphatic carbocycles. The molecule has 0 atom stereocenters. The van der Waals surface area contributed by atoms with Crippen LogP contribution in [0.3, 0.4) is 0 Å². The van der Waals surface area contributed by atoms with Gasteiger partial charge >= 0.3 is 0 Å². The van der Waals surface area contributed by atoms with Crippen molar-refractivity contribution in [1.29, 1.82) is 0 Å². The van der Waals surface area contributed by atoms with E-state index in [1.165, 1.54) is 19.3 Å². The number of aromatic nitrogens is 2. The standard InChI is InChI=1S/C17H21ClN4/c1-12-6-7-14(18)10-15(12)21-16-11-17(20-13(2)19-16)22-8-4-3-5-9-22/h6-7,10-11H,3-5,8-9H2,1-2H3,(H,19,20,21). The number of piperidine rings is 1. The fourth-order valence-corrected chi connectivity index (χ4v) is 2.94. The second-order valence-electron chi connectivity index (χ2n) is 5.79. The summed E-state index contributed by atoms with van der Waals surface area (Å²) in [5.41, 5.74) is 2.12. The Balaban J connectivity index is 1.87. The third kappa shape index (κ3) is 3.50. The summed E-state index contributed by atoms with van der Waals surface area (Å²) in [6.45, 7) is 6.14. The van der Waals surface area contributed by atoms with Gasteiger partial charge in [-0.3, -0.25) is 0 Å². The highest BCUT2D eigenvalue weighted by Gasteiger charge is 2.14. The number of hydrogen-bond donors (Lipinski definition) is 1. The lowest BCUT2D eigenvalue weighted by Gasteiger charge is -2.28. The summed E-state index contributed by atoms with van der Waals surface area (Å²) < 4.78 is 0. The van der Waals surface area contributed by atoms with Crippen LogP contribution in [0.2, 0.25) is 5.02 Å². The van der Waals surface area contributed by atoms with Crippen molar-refractivity contribution in [1.82, 2.24) is 9.97 Å². The number of anilines is 3. The van der Waals surface area contributed by atoms with Crippen molar-refractivity contribution in [3.63, 3.8) is 0 Å². The Kier molecular flexibility index (Phi) is 4.48. The zero-order valence-electron chi connectivity index (χ0n) is 13.1. The average molecular weight is 317 g/mol. The van der Waals surface area contributed by atoms with E-state index in [-0.39, 0.29) is 0 Å². The molecular formula is C17H21ClN4. The van der Waals surface area contributed by atoms with E-state index < -0.39 is 0 Å². The van der Waals surface area contributed by atoms with E-state index in [1.54, 1.807) is 0 Å². The van der Waals surface area contributed by atoms with Crippen LogP contribution in [0.4, 0.5) is 17.3 Å². The summed E-state index contributed by atoms with van der Waals surface area (Å²) in [6, 6.07) is 7.85. The van der Waals surface area contributed by atoms with Gasteiger partial charge in [-0.1, -0.05) is 17.7 Å². The van der Waals surface area contributed by atoms with Gasteiger partial charge in [-0.05, 0) is 50.8 Å². The van der Waals surface area contributed by atoms with Gasteiger partial charge in [0.1, 0.15) is 17.5 Å². The Bertz CT molecular complexity index is 666. The predicted octanol–water partition coefficient (Wildman–Crippen LogP) is 4.48. The number of rotatable bonds is 3. The molecule has 0 unspecified atom stereocenters. The molecule has 1 fully saturated rings. The summed E-state index contributed by atoms with van der Waals surface area (Å²) in [7, 11) is 0. The van der Waals surface area contributed by atoms with Crippen LogP contribution in [-0.4, -0.2) is 23.1 Å². The molecule has 1 aromatic carbocycles. The molecule has 4 nitrogen and oxygen atoms in total. The van der Waals surface area contributed by atoms with Crippen molar-refractivity contribution >= 4 is 28.9 Å². The van der Waals surface area contributed by atoms with Gasteiger partial charge in [-0.15, -0.1) is 0 Å². The van der Waals surface area contributed by atoms with Gasteiger partial charge in [0.15, 0.2) is 0 Å². The molecule has 22 heavy (non-hydrogen) atoms. The average Bonchev–Trinajstić information content (AvgIpc) is 2.51. The monoisotopic (exact) mass is 316 g/mol. The Morgan fingerprint density at radius 2 is 1.82 bits per heavy atom. The van der Waals surface area contributed by atoms with Crippen molar-refractivity contribution in [2.75, 3.05) is 23.3 Å². The minimum atomic E-state index is 0.718. The third-order valence-electron chi connectivity index (χ3n) is 3.97. The number of nitrogens with one attached hydrogen (secondary N) is 1. The van der Waals surface area contributed by atoms with Crippen molar-refractivity contribution in [3.05, 3.63) is 40.7 Å². The van der Waals surface area contributed by atoms with E-state index in [1.807, 2.05) is 31.2 Å². The van der Waals surface area contributed by atoms with Crippen LogP contribution in [0.15, 0.2) is 24.3 Å². The summed E-state index contributed by atoms with van der Waals surface area (Å²) in [5.74, 6) is 2.61. The maximum Gasteiger partial charge on any atom is 0.136 e. The first kappa shape index (κ1) is 15.1. The molecule has 2 aromatic rings. The second kappa shape index (κ2) is 6.53. The first-order valence-corrected chi connectivity index (χ1v) is 8.13. The largest absolute Gasteiger partial charge is 0.356 e. The van der Waals surface area contributed by atoms with Crippen molar-refractivity contribution in [2.45, 2.75) is 33.1 Å². The van der Waals surface area contributed by atoms with E-state index in [0.717, 1.165) is 46.8 Å². The maximum absolute atomic E-state index is 6.09. The molecule has 1 N–H and O–H groups in total. The molecule has 0 saturated carbocycles. The van der Waals surface area contributed by atoms with Crippen LogP contribution < -0.4 is 10.2 Å². The van der Waals surface area contributed by atoms with Gasteiger partial charge in [0.05, 0.1) is 0 Å². The van der Waals surface area contributed by atoms with E-state index in [0.29, 0.717) is 0 Å². The van der Waals surface area contributed by atoms with Crippen LogP contribution in [0.1, 0.15) is 30.7 Å². The Morgan fingerprint density at radius 1 is 1.05 bits per heavy atom. The molecule has 1 aliphatic rings. The van der Waals surface area contributed by atoms with Crippen LogP contribution in [-0.2, 0) is 0 Å². The molecule has 0 spiro atoms. The highest BCUT2D eigenvalue weighted by atomic mass is 35.5. The van der Waals surface area contributed by atoms with Crippen molar-refractivity contribution in [3.8, 4) is 0 Å². The Hall–Kier alpha value is -1.81. The minimum Gasteiger partial charge on any atom is -0.356 e. The highest BCUT2D eigenvalue weighted by molar-refractivity contribution is 6.30. The predicted molar refractivity (Wildman–Crippen MR) is 92.3 cm³/mol. The lowest BCUT2D eigenvalue weighted by atomic mass is 10.1. The summed E-state index contributed by atoms with van der Waals surface area (Å²) in [4.78, 5) is 11.4. The molecule has 1 aromatic heterocycles. The Labute approximate surface area is 136 Å². The summed E-state index contributed by atoms with van der Waals surface area (Å²) in [5, 5.41) is 4.09. The number of halogens is 1. The van der Waals surface area contributed by atoms with E-state index in [2.05, 4.69) is 27.1 Å². The summed E-state index contributed by atoms with van der Waals surface area (Å²) >= 11 is 6.09. The van der Waals surface area contributed by atoms with E-state index in [4.69, 9.17) is 11.6 Å². The minimum absolute atomic E-state index is 0.718. The van der Waals surface area contributed by atoms with Crippen molar-refractivity contribution < 1.29 is 0 Å². The highest BCUT2D eigenvalue weighted by Crippen LogP contribution is 2.26. The zero-order valence-corrected chi connectivity index (χ0v) is 13.8. The topological polar surface area (TPSA) is 41.1 Å². The van der Waals surface area contributed by atoms with Gasteiger partial charge in [0.25, 0.3) is 0 Å². The normalized spacial score (nSPS) is 15.0. The zero-order chi connectivity index (χ0) is 15.5. The Morgan fingerprint density at radius 3 is 2.59 bits per heavy atom. The smallest absolute Gasteiger partial charge is 0.136 e. The number of benzene rings is 1. The lowest BCUT2D eigenvalue weighted by Crippen LogP contribution is -2.30. The third-order valence-corrected chi connectivity index (χ3v) is 4.20. The van der Waals surface area contributed by atoms with Crippen molar-refractivity contribution in [2.24, 2.45) is 0 Å². The van der Waals surface area contributed by atoms with Gasteiger partial charge in [0.2, 0.25) is 0 Å². The fourth-order valence-electron chi connectivity index (χ4n) is 2.77. The molecular weight excluding hydrogens is 296 g/mol. The lowest BCUT2D eigenvalue weighted by molar-refractivity contribution is 0.572. The first-order valence-electron chi connectivity index (χ1n) is 7.75. The van der Waals surface area contributed by atoms with Gasteiger partial charge < -0.3 is 10.2 Å². The quantitative estimate of drug-likeness (QED) is 0.906. The second-order valence-corrected chi connectivity index (χ2v) is 6.23. The molecule has 0 radical (unpaired) electrons. The molecule has 2 heterocycles. The number of aryl methyl sites for hydroxylation is 2. The molecule has 0 bridgehead atoms. The van der Waals surface area contributed by atoms with Crippen LogP contribution in [0, 0.1) is 13.8 Å². The molecule has 1 saturated heterocycles. The van der Waals surface area contributed by atoms with E-state index in [9.17, 15) is 0 Å². The van der Waals surface area contributed by atoms with Gasteiger partial charge in [-0.2, -0.15) is 0 Å². The fraction of sp³-hybridized carbons (Fsp3) is 0.412. The number of nitrogens with zero attached hydrogens (tertiary/aromatic N) is 3. The molecule has 0 amide bonds. The SMILES string of the molecule is Cc1nc(Nc2cc(Cl)ccc2C)cc(N2CCCCC2)n1. The first-order chi connectivity index (χ1) is 10.6. The molecule has 5 heteroatoms. The molecule has 3 rings (SSSR count). The van der Waals surface area contributed by atoms with Crippen LogP contribution in [0.25, 0.3) is 0 Å². The van der Waals surface area contributed by atoms with Crippen LogP contribution >= 0.6 is 11.6 Å². The summed E-state index contributed by atoms with van der Waals surface area (Å²) in [6.07, 6.45) is 3.78. The molecule has 1 aliphatic heterocycles. The number of hydrogen-bond acceptors (Lipinski definition) is 4. The van der Waals surface area contributed by atoms with Gasteiger partial charge in [-0.25, -0.2) is 9.97 Å². The van der Waals surface area contributed by atoms with Crippen LogP contribution in [0.5, 0.6) is 0 Å². The van der Waals surface area contributed by atoms with E-state index >= 15 is 0 Å². The van der Waals surface area contributed by atoms with Gasteiger partial charge in [0, 0.05) is 29.9 Å².